The number of alkyl halides is 3. The molecular weight excluding hydrogens is 489 g/mol. The van der Waals surface area contributed by atoms with Crippen molar-refractivity contribution < 1.29 is 22.3 Å². The molecule has 0 fully saturated rings. The highest BCUT2D eigenvalue weighted by Crippen LogP contribution is 2.19. The highest BCUT2D eigenvalue weighted by molar-refractivity contribution is 14.0. The van der Waals surface area contributed by atoms with Crippen LogP contribution in [0.5, 0.6) is 5.75 Å². The number of hydrogen-bond acceptors (Lipinski definition) is 2. The maximum Gasteiger partial charge on any atom is 0.422 e. The molecule has 2 rings (SSSR count). The van der Waals surface area contributed by atoms with Gasteiger partial charge < -0.3 is 15.4 Å². The number of ether oxygens (including phenoxy) is 1. The van der Waals surface area contributed by atoms with Crippen LogP contribution >= 0.6 is 24.0 Å². The zero-order valence-corrected chi connectivity index (χ0v) is 17.6. The van der Waals surface area contributed by atoms with Gasteiger partial charge in [-0.2, -0.15) is 13.2 Å². The average molecular weight is 511 g/mol. The lowest BCUT2D eigenvalue weighted by Gasteiger charge is -2.13. The van der Waals surface area contributed by atoms with E-state index in [0.717, 1.165) is 11.1 Å². The molecule has 0 aliphatic rings. The van der Waals surface area contributed by atoms with E-state index < -0.39 is 12.8 Å². The van der Waals surface area contributed by atoms with Crippen LogP contribution in [0.4, 0.5) is 17.6 Å². The monoisotopic (exact) mass is 511 g/mol. The minimum atomic E-state index is -4.37. The number of hydrogen-bond donors (Lipinski definition) is 2. The standard InChI is InChI=1S/C19H21F4N3O.HI/c1-24-18(25-9-8-14-4-2-6-16(20)10-14)26-12-15-5-3-7-17(11-15)27-13-19(21,22)23;/h2-7,10-11H,8-9,12-13H2,1H3,(H2,24,25,26);1H. The van der Waals surface area contributed by atoms with Crippen molar-refractivity contribution in [2.45, 2.75) is 19.1 Å². The molecule has 9 heteroatoms. The van der Waals surface area contributed by atoms with Gasteiger partial charge in [0.05, 0.1) is 0 Å². The van der Waals surface area contributed by atoms with Gasteiger partial charge in [-0.25, -0.2) is 4.39 Å². The van der Waals surface area contributed by atoms with Crippen molar-refractivity contribution >= 4 is 29.9 Å². The lowest BCUT2D eigenvalue weighted by molar-refractivity contribution is -0.153. The molecule has 0 heterocycles. The van der Waals surface area contributed by atoms with Crippen LogP contribution in [0.15, 0.2) is 53.5 Å². The Morgan fingerprint density at radius 3 is 2.43 bits per heavy atom. The van der Waals surface area contributed by atoms with Gasteiger partial charge in [-0.3, -0.25) is 4.99 Å². The van der Waals surface area contributed by atoms with Crippen molar-refractivity contribution in [1.82, 2.24) is 10.6 Å². The number of nitrogens with one attached hydrogen (secondary N) is 2. The highest BCUT2D eigenvalue weighted by atomic mass is 127. The van der Waals surface area contributed by atoms with Gasteiger partial charge in [-0.05, 0) is 41.8 Å². The predicted molar refractivity (Wildman–Crippen MR) is 112 cm³/mol. The lowest BCUT2D eigenvalue weighted by Crippen LogP contribution is -2.37. The first kappa shape index (κ1) is 24.0. The van der Waals surface area contributed by atoms with Gasteiger partial charge in [-0.15, -0.1) is 24.0 Å². The third kappa shape index (κ3) is 9.25. The molecule has 0 bridgehead atoms. The summed E-state index contributed by atoms with van der Waals surface area (Å²) in [5.41, 5.74) is 1.62. The van der Waals surface area contributed by atoms with Crippen molar-refractivity contribution in [2.75, 3.05) is 20.2 Å². The van der Waals surface area contributed by atoms with E-state index >= 15 is 0 Å². The van der Waals surface area contributed by atoms with Crippen molar-refractivity contribution in [3.05, 3.63) is 65.5 Å². The maximum absolute atomic E-state index is 13.2. The second-order valence-electron chi connectivity index (χ2n) is 5.78. The summed E-state index contributed by atoms with van der Waals surface area (Å²) in [6, 6.07) is 12.8. The van der Waals surface area contributed by atoms with Crippen LogP contribution in [-0.4, -0.2) is 32.3 Å². The molecule has 0 aliphatic heterocycles. The number of guanidine groups is 1. The fourth-order valence-corrected chi connectivity index (χ4v) is 2.33. The van der Waals surface area contributed by atoms with Gasteiger partial charge in [0.1, 0.15) is 11.6 Å². The molecule has 2 aromatic rings. The van der Waals surface area contributed by atoms with Crippen LogP contribution in [0.2, 0.25) is 0 Å². The third-order valence-corrected chi connectivity index (χ3v) is 3.58. The quantitative estimate of drug-likeness (QED) is 0.253. The van der Waals surface area contributed by atoms with Crippen LogP contribution in [0.25, 0.3) is 0 Å². The first-order valence-electron chi connectivity index (χ1n) is 8.33. The predicted octanol–water partition coefficient (Wildman–Crippen LogP) is 4.29. The summed E-state index contributed by atoms with van der Waals surface area (Å²) >= 11 is 0. The zero-order valence-electron chi connectivity index (χ0n) is 15.2. The topological polar surface area (TPSA) is 45.7 Å². The molecule has 0 saturated carbocycles. The van der Waals surface area contributed by atoms with Crippen LogP contribution in [0, 0.1) is 5.82 Å². The second kappa shape index (κ2) is 11.7. The van der Waals surface area contributed by atoms with Crippen molar-refractivity contribution in [1.29, 1.82) is 0 Å². The molecule has 0 spiro atoms. The summed E-state index contributed by atoms with van der Waals surface area (Å²) in [6.07, 6.45) is -3.75. The van der Waals surface area contributed by atoms with E-state index in [9.17, 15) is 17.6 Å². The Morgan fingerprint density at radius 2 is 1.75 bits per heavy atom. The summed E-state index contributed by atoms with van der Waals surface area (Å²) in [7, 11) is 1.61. The molecule has 4 nitrogen and oxygen atoms in total. The minimum absolute atomic E-state index is 0. The van der Waals surface area contributed by atoms with Gasteiger partial charge in [0.2, 0.25) is 0 Å². The van der Waals surface area contributed by atoms with Crippen LogP contribution in [0.3, 0.4) is 0 Å². The van der Waals surface area contributed by atoms with E-state index in [0.29, 0.717) is 25.5 Å². The fraction of sp³-hybridized carbons (Fsp3) is 0.316. The molecular formula is C19H22F4IN3O. The zero-order chi connectivity index (χ0) is 19.7. The number of rotatable bonds is 7. The molecule has 0 amide bonds. The first-order valence-corrected chi connectivity index (χ1v) is 8.33. The molecule has 2 aromatic carbocycles. The smallest absolute Gasteiger partial charge is 0.422 e. The first-order chi connectivity index (χ1) is 12.9. The molecule has 0 aromatic heterocycles. The fourth-order valence-electron chi connectivity index (χ4n) is 2.33. The van der Waals surface area contributed by atoms with Crippen LogP contribution in [-0.2, 0) is 13.0 Å². The average Bonchev–Trinajstić information content (AvgIpc) is 2.63. The Morgan fingerprint density at radius 1 is 1.04 bits per heavy atom. The van der Waals surface area contributed by atoms with Gasteiger partial charge in [-0.1, -0.05) is 24.3 Å². The van der Waals surface area contributed by atoms with Gasteiger partial charge in [0, 0.05) is 20.1 Å². The Balaban J connectivity index is 0.00000392. The van der Waals surface area contributed by atoms with Crippen LogP contribution < -0.4 is 15.4 Å². The minimum Gasteiger partial charge on any atom is -0.484 e. The molecule has 0 atom stereocenters. The number of halogens is 5. The van der Waals surface area contributed by atoms with Crippen molar-refractivity contribution in [2.24, 2.45) is 4.99 Å². The molecule has 28 heavy (non-hydrogen) atoms. The summed E-state index contributed by atoms with van der Waals surface area (Å²) in [4.78, 5) is 4.08. The summed E-state index contributed by atoms with van der Waals surface area (Å²) in [5, 5.41) is 6.17. The Kier molecular flexibility index (Phi) is 10.0. The van der Waals surface area contributed by atoms with Crippen LogP contribution in [0.1, 0.15) is 11.1 Å². The van der Waals surface area contributed by atoms with E-state index in [4.69, 9.17) is 4.74 Å². The number of aliphatic imine (C=N–C) groups is 1. The number of nitrogens with zero attached hydrogens (tertiary/aromatic N) is 1. The molecule has 0 saturated heterocycles. The molecule has 0 aliphatic carbocycles. The maximum atomic E-state index is 13.2. The summed E-state index contributed by atoms with van der Waals surface area (Å²) in [5.74, 6) is 0.413. The lowest BCUT2D eigenvalue weighted by atomic mass is 10.1. The van der Waals surface area contributed by atoms with Gasteiger partial charge in [0.15, 0.2) is 12.6 Å². The van der Waals surface area contributed by atoms with Gasteiger partial charge >= 0.3 is 6.18 Å². The second-order valence-corrected chi connectivity index (χ2v) is 5.78. The van der Waals surface area contributed by atoms with E-state index in [1.54, 1.807) is 31.3 Å². The summed E-state index contributed by atoms with van der Waals surface area (Å²) < 4.78 is 54.6. The van der Waals surface area contributed by atoms with E-state index in [-0.39, 0.29) is 35.5 Å². The normalized spacial score (nSPS) is 11.5. The molecule has 2 N–H and O–H groups in total. The van der Waals surface area contributed by atoms with E-state index in [1.807, 2.05) is 6.07 Å². The number of benzene rings is 2. The SMILES string of the molecule is CN=C(NCCc1cccc(F)c1)NCc1cccc(OCC(F)(F)F)c1.I. The largest absolute Gasteiger partial charge is 0.484 e. The third-order valence-electron chi connectivity index (χ3n) is 3.58. The molecule has 154 valence electrons. The van der Waals surface area contributed by atoms with Gasteiger partial charge in [0.25, 0.3) is 0 Å². The van der Waals surface area contributed by atoms with E-state index in [2.05, 4.69) is 15.6 Å². The Bertz CT molecular complexity index is 769. The van der Waals surface area contributed by atoms with Crippen molar-refractivity contribution in [3.63, 3.8) is 0 Å². The highest BCUT2D eigenvalue weighted by Gasteiger charge is 2.28. The Labute approximate surface area is 178 Å². The molecule has 0 unspecified atom stereocenters. The summed E-state index contributed by atoms with van der Waals surface area (Å²) in [6.45, 7) is -0.409. The van der Waals surface area contributed by atoms with E-state index in [1.165, 1.54) is 18.2 Å². The van der Waals surface area contributed by atoms with Crippen molar-refractivity contribution in [3.8, 4) is 5.75 Å². The molecule has 0 radical (unpaired) electrons. The Hall–Kier alpha value is -2.04.